The normalized spacial score (nSPS) is 16.5. The molecule has 0 aliphatic carbocycles. The molecule has 0 radical (unpaired) electrons. The molecule has 7 atom stereocenters. The summed E-state index contributed by atoms with van der Waals surface area (Å²) in [6, 6.07) is 9.13. The summed E-state index contributed by atoms with van der Waals surface area (Å²) in [5.74, 6) is -6.41. The highest BCUT2D eigenvalue weighted by Crippen LogP contribution is 2.35. The number of carboxylic acids is 1. The van der Waals surface area contributed by atoms with E-state index in [9.17, 15) is 48.3 Å². The van der Waals surface area contributed by atoms with E-state index >= 15 is 0 Å². The average molecular weight is 1040 g/mol. The zero-order valence-corrected chi connectivity index (χ0v) is 45.8. The number of aromatic nitrogens is 1. The number of fused-ring (bicyclic) bond motifs is 1. The van der Waals surface area contributed by atoms with E-state index in [0.717, 1.165) is 29.4 Å². The van der Waals surface area contributed by atoms with E-state index in [1.165, 1.54) is 11.8 Å². The Balaban J connectivity index is 1.42. The second-order valence-electron chi connectivity index (χ2n) is 21.9. The molecule has 0 unspecified atom stereocenters. The predicted molar refractivity (Wildman–Crippen MR) is 285 cm³/mol. The first-order valence-corrected chi connectivity index (χ1v) is 25.7. The monoisotopic (exact) mass is 1040 g/mol. The molecule has 1 aliphatic rings. The highest BCUT2D eigenvalue weighted by Gasteiger charge is 2.43. The molecule has 0 spiro atoms. The quantitative estimate of drug-likeness (QED) is 0.0422. The second kappa shape index (κ2) is 26.7. The van der Waals surface area contributed by atoms with Gasteiger partial charge in [0.25, 0.3) is 0 Å². The van der Waals surface area contributed by atoms with Crippen LogP contribution in [0.15, 0.2) is 66.4 Å². The topological polar surface area (TPSA) is 277 Å². The Labute approximate surface area is 440 Å². The van der Waals surface area contributed by atoms with E-state index in [-0.39, 0.29) is 61.0 Å². The van der Waals surface area contributed by atoms with Gasteiger partial charge in [-0.2, -0.15) is 0 Å². The van der Waals surface area contributed by atoms with Crippen molar-refractivity contribution in [2.45, 2.75) is 156 Å². The number of carbonyl (C=O) groups excluding carboxylic acids is 8. The molecule has 1 saturated heterocycles. The van der Waals surface area contributed by atoms with Crippen molar-refractivity contribution >= 4 is 63.9 Å². The van der Waals surface area contributed by atoms with Crippen molar-refractivity contribution < 1.29 is 53.0 Å². The fraction of sp³-hybridized carbons (Fsp3) is 0.554. The number of benzene rings is 2. The van der Waals surface area contributed by atoms with E-state index < -0.39 is 95.2 Å². The molecule has 0 saturated carbocycles. The summed E-state index contributed by atoms with van der Waals surface area (Å²) < 4.78 is 7.57. The SMILES string of the molecule is CN[C@H](C(=O)N[C@H](C(=O)N(C)[C@H](/C=C(\C)C(=O)N[C@@H](CCC(=O)O)C(=O)OCc1ccc(CC(=O)[C@H](CC(N)=O)NC(=O)[C@H](C)CC(=O)[C@@H]2CCCN2)cc1)C(C)C)C(C)(C)C)C(C)(C)c1cn(C)c2ccccc12. The number of likely N-dealkylation sites (N-methyl/N-ethyl adjacent to an activating group) is 2. The Hall–Kier alpha value is -6.73. The van der Waals surface area contributed by atoms with Gasteiger partial charge in [0.2, 0.25) is 29.5 Å². The first kappa shape index (κ1) is 60.8. The molecule has 0 bridgehead atoms. The lowest BCUT2D eigenvalue weighted by Crippen LogP contribution is -2.61. The fourth-order valence-electron chi connectivity index (χ4n) is 9.52. The minimum absolute atomic E-state index is 0.0227. The number of hydrogen-bond acceptors (Lipinski definition) is 12. The molecular weight excluding hydrogens is 961 g/mol. The van der Waals surface area contributed by atoms with E-state index in [0.29, 0.717) is 17.5 Å². The number of aryl methyl sites for hydroxylation is 1. The van der Waals surface area contributed by atoms with Crippen LogP contribution in [0.3, 0.4) is 0 Å². The van der Waals surface area contributed by atoms with Crippen molar-refractivity contribution in [3.63, 3.8) is 0 Å². The van der Waals surface area contributed by atoms with Crippen LogP contribution in [0, 0.1) is 17.3 Å². The third-order valence-corrected chi connectivity index (χ3v) is 14.1. The number of primary amides is 1. The number of aliphatic carboxylic acids is 1. The van der Waals surface area contributed by atoms with Crippen molar-refractivity contribution in [3.05, 3.63) is 83.1 Å². The number of carbonyl (C=O) groups is 9. The number of nitrogens with one attached hydrogen (secondary N) is 5. The van der Waals surface area contributed by atoms with Crippen LogP contribution in [-0.4, -0.2) is 125 Å². The molecule has 19 heteroatoms. The number of esters is 1. The van der Waals surface area contributed by atoms with Crippen molar-refractivity contribution in [1.29, 1.82) is 0 Å². The largest absolute Gasteiger partial charge is 0.481 e. The summed E-state index contributed by atoms with van der Waals surface area (Å²) in [5.41, 5.74) is 7.12. The van der Waals surface area contributed by atoms with Crippen molar-refractivity contribution in [2.24, 2.45) is 30.0 Å². The van der Waals surface area contributed by atoms with Crippen LogP contribution in [0.5, 0.6) is 0 Å². The van der Waals surface area contributed by atoms with Gasteiger partial charge >= 0.3 is 11.9 Å². The predicted octanol–water partition coefficient (Wildman–Crippen LogP) is 3.92. The third kappa shape index (κ3) is 16.6. The molecular formula is C56H80N8O11. The maximum atomic E-state index is 14.6. The van der Waals surface area contributed by atoms with Crippen LogP contribution >= 0.6 is 0 Å². The van der Waals surface area contributed by atoms with E-state index in [4.69, 9.17) is 10.5 Å². The van der Waals surface area contributed by atoms with Crippen LogP contribution in [-0.2, 0) is 73.4 Å². The summed E-state index contributed by atoms with van der Waals surface area (Å²) in [6.45, 7) is 16.9. The third-order valence-electron chi connectivity index (χ3n) is 14.1. The Morgan fingerprint density at radius 3 is 2.09 bits per heavy atom. The van der Waals surface area contributed by atoms with Gasteiger partial charge in [-0.3, -0.25) is 38.4 Å². The summed E-state index contributed by atoms with van der Waals surface area (Å²) in [6.07, 6.45) is 3.82. The maximum Gasteiger partial charge on any atom is 0.328 e. The summed E-state index contributed by atoms with van der Waals surface area (Å²) in [4.78, 5) is 120. The van der Waals surface area contributed by atoms with Gasteiger partial charge in [-0.05, 0) is 73.9 Å². The number of amides is 5. The highest BCUT2D eigenvalue weighted by atomic mass is 16.5. The molecule has 3 aromatic rings. The average Bonchev–Trinajstić information content (AvgIpc) is 4.01. The minimum Gasteiger partial charge on any atom is -0.481 e. The molecule has 410 valence electrons. The number of hydrogen-bond donors (Lipinski definition) is 7. The number of ether oxygens (including phenoxy) is 1. The number of carboxylic acid groups (broad SMARTS) is 1. The minimum atomic E-state index is -1.36. The van der Waals surface area contributed by atoms with Gasteiger partial charge in [0.1, 0.15) is 18.7 Å². The van der Waals surface area contributed by atoms with Gasteiger partial charge < -0.3 is 51.6 Å². The van der Waals surface area contributed by atoms with E-state index in [2.05, 4.69) is 26.6 Å². The standard InChI is InChI=1S/C56H80N8O11/c1-32(2)43(64(12)53(73)49(55(5,6)7)62-52(72)48(58-10)56(8,9)38-30-63(11)42-18-14-13-16-37(38)42)26-33(3)50(70)60-40(23-24-47(68)69)54(74)75-31-36-21-19-35(20-22-36)28-45(66)41(29-46(57)67)61-51(71)34(4)27-44(65)39-17-15-25-59-39/h13-14,16,18-22,26,30,32,34,39-41,43,48-49,58-59H,15,17,23-25,27-29,31H2,1-12H3,(H2,57,67)(H,60,70)(H,61,71)(H,62,72)(H,68,69)/b33-26+/t34-,39+,40+,41+,43-,48-,49-/m1/s1. The van der Waals surface area contributed by atoms with E-state index in [1.54, 1.807) is 51.4 Å². The van der Waals surface area contributed by atoms with Crippen LogP contribution in [0.25, 0.3) is 10.9 Å². The number of nitrogens with two attached hydrogens (primary N) is 1. The molecule has 8 N–H and O–H groups in total. The maximum absolute atomic E-state index is 14.6. The number of ketones is 2. The Morgan fingerprint density at radius 2 is 1.52 bits per heavy atom. The van der Waals surface area contributed by atoms with E-state index in [1.807, 2.05) is 90.5 Å². The number of Topliss-reactive ketones (excluding diaryl/α,β-unsaturated/α-hetero) is 2. The summed E-state index contributed by atoms with van der Waals surface area (Å²) in [5, 5.41) is 25.1. The fourth-order valence-corrected chi connectivity index (χ4v) is 9.52. The number of nitrogens with zero attached hydrogens (tertiary/aromatic N) is 2. The lowest BCUT2D eigenvalue weighted by atomic mass is 9.76. The number of rotatable bonds is 27. The first-order chi connectivity index (χ1) is 35.1. The molecule has 19 nitrogen and oxygen atoms in total. The van der Waals surface area contributed by atoms with Crippen LogP contribution in [0.2, 0.25) is 0 Å². The summed E-state index contributed by atoms with van der Waals surface area (Å²) in [7, 11) is 5.28. The highest BCUT2D eigenvalue weighted by molar-refractivity contribution is 5.97. The van der Waals surface area contributed by atoms with Crippen LogP contribution in [0.4, 0.5) is 0 Å². The van der Waals surface area contributed by atoms with Crippen molar-refractivity contribution in [1.82, 2.24) is 36.1 Å². The molecule has 1 aliphatic heterocycles. The van der Waals surface area contributed by atoms with Gasteiger partial charge in [-0.25, -0.2) is 4.79 Å². The molecule has 1 fully saturated rings. The van der Waals surface area contributed by atoms with Gasteiger partial charge in [0, 0.05) is 67.4 Å². The smallest absolute Gasteiger partial charge is 0.328 e. The Bertz CT molecular complexity index is 2590. The molecule has 1 aromatic heterocycles. The molecule has 2 aromatic carbocycles. The van der Waals surface area contributed by atoms with Gasteiger partial charge in [-0.1, -0.05) is 104 Å². The first-order valence-electron chi connectivity index (χ1n) is 25.7. The van der Waals surface area contributed by atoms with Gasteiger partial charge in [0.15, 0.2) is 11.6 Å². The second-order valence-corrected chi connectivity index (χ2v) is 21.9. The molecule has 4 rings (SSSR count). The Morgan fingerprint density at radius 1 is 0.880 bits per heavy atom. The zero-order valence-electron chi connectivity index (χ0n) is 45.8. The van der Waals surface area contributed by atoms with Crippen molar-refractivity contribution in [2.75, 3.05) is 20.6 Å². The lowest BCUT2D eigenvalue weighted by Gasteiger charge is -2.39. The number of para-hydroxylation sites is 1. The lowest BCUT2D eigenvalue weighted by molar-refractivity contribution is -0.149. The van der Waals surface area contributed by atoms with Crippen molar-refractivity contribution in [3.8, 4) is 0 Å². The summed E-state index contributed by atoms with van der Waals surface area (Å²) >= 11 is 0. The van der Waals surface area contributed by atoms with Gasteiger partial charge in [0.05, 0.1) is 30.6 Å². The van der Waals surface area contributed by atoms with Gasteiger partial charge in [-0.15, -0.1) is 0 Å². The van der Waals surface area contributed by atoms with Crippen LogP contribution < -0.4 is 32.3 Å². The van der Waals surface area contributed by atoms with Crippen LogP contribution in [0.1, 0.15) is 118 Å². The molecule has 75 heavy (non-hydrogen) atoms. The zero-order chi connectivity index (χ0) is 56.1. The molecule has 5 amide bonds. The molecule has 2 heterocycles. The Kier molecular flexibility index (Phi) is 21.6.